The Labute approximate surface area is 247 Å². The predicted octanol–water partition coefficient (Wildman–Crippen LogP) is 3.72. The molecule has 42 heavy (non-hydrogen) atoms. The second-order valence-electron chi connectivity index (χ2n) is 9.93. The molecule has 0 amide bonds. The number of carbonyl (C=O) groups excluding carboxylic acids is 1. The maximum absolute atomic E-state index is 14.1. The number of nitrogens with two attached hydrogens (primary N) is 1. The number of rotatable bonds is 11. The monoisotopic (exact) mass is 612 g/mol. The highest BCUT2D eigenvalue weighted by molar-refractivity contribution is 8.00. The number of carbonyl (C=O) groups is 1. The lowest BCUT2D eigenvalue weighted by atomic mass is 10.1. The molecule has 0 saturated carbocycles. The van der Waals surface area contributed by atoms with Crippen LogP contribution in [0.15, 0.2) is 90.1 Å². The highest BCUT2D eigenvalue weighted by Gasteiger charge is 2.41. The van der Waals surface area contributed by atoms with Gasteiger partial charge in [0, 0.05) is 12.6 Å². The highest BCUT2D eigenvalue weighted by atomic mass is 32.2. The smallest absolute Gasteiger partial charge is 0.459 e. The molecule has 0 bridgehead atoms. The zero-order chi connectivity index (χ0) is 29.7. The number of thioether (sulfide) groups is 1. The summed E-state index contributed by atoms with van der Waals surface area (Å²) in [5, 5.41) is 24.8. The average Bonchev–Trinajstić information content (AvgIpc) is 3.35. The lowest BCUT2D eigenvalue weighted by Gasteiger charge is -2.31. The van der Waals surface area contributed by atoms with Crippen LogP contribution in [0.4, 0.5) is 0 Å². The van der Waals surface area contributed by atoms with Crippen LogP contribution in [0.25, 0.3) is 10.8 Å². The van der Waals surface area contributed by atoms with E-state index in [0.29, 0.717) is 6.42 Å². The Morgan fingerprint density at radius 3 is 2.64 bits per heavy atom. The van der Waals surface area contributed by atoms with Gasteiger partial charge in [-0.05, 0) is 41.5 Å². The molecule has 2 heterocycles. The number of benzene rings is 3. The van der Waals surface area contributed by atoms with Gasteiger partial charge < -0.3 is 30.1 Å². The molecule has 0 radical (unpaired) electrons. The third-order valence-electron chi connectivity index (χ3n) is 6.77. The average molecular weight is 613 g/mol. The van der Waals surface area contributed by atoms with Crippen LogP contribution in [0, 0.1) is 0 Å². The minimum absolute atomic E-state index is 0.0567. The fourth-order valence-corrected chi connectivity index (χ4v) is 7.62. The summed E-state index contributed by atoms with van der Waals surface area (Å²) in [6.45, 7) is 1.41. The molecule has 2 aliphatic rings. The molecular formula is C29H33N4O7PS. The first-order chi connectivity index (χ1) is 20.2. The first kappa shape index (κ1) is 30.1. The molecule has 13 heteroatoms. The van der Waals surface area contributed by atoms with Gasteiger partial charge in [-0.15, -0.1) is 11.8 Å². The number of hydrogen-bond acceptors (Lipinski definition) is 11. The Kier molecular flexibility index (Phi) is 9.52. The number of hydrogen-bond donors (Lipinski definition) is 4. The van der Waals surface area contributed by atoms with Gasteiger partial charge in [0.15, 0.2) is 0 Å². The molecular weight excluding hydrogens is 579 g/mol. The van der Waals surface area contributed by atoms with E-state index in [1.165, 1.54) is 18.7 Å². The molecule has 1 saturated heterocycles. The number of amidine groups is 1. The molecule has 2 aliphatic heterocycles. The minimum atomic E-state index is -4.17. The number of aliphatic imine (C=N–C) groups is 1. The van der Waals surface area contributed by atoms with Crippen molar-refractivity contribution in [2.24, 2.45) is 10.7 Å². The summed E-state index contributed by atoms with van der Waals surface area (Å²) in [6, 6.07) is 21.1. The van der Waals surface area contributed by atoms with Gasteiger partial charge >= 0.3 is 13.7 Å². The Balaban J connectivity index is 1.28. The van der Waals surface area contributed by atoms with Gasteiger partial charge in [0.2, 0.25) is 6.35 Å². The topological polar surface area (TPSA) is 156 Å². The van der Waals surface area contributed by atoms with E-state index in [9.17, 15) is 19.6 Å². The molecule has 3 aromatic rings. The zero-order valence-corrected chi connectivity index (χ0v) is 24.6. The van der Waals surface area contributed by atoms with Gasteiger partial charge in [0.25, 0.3) is 0 Å². The molecule has 11 nitrogen and oxygen atoms in total. The number of fused-ring (bicyclic) bond motifs is 1. The third kappa shape index (κ3) is 7.52. The van der Waals surface area contributed by atoms with E-state index < -0.39 is 37.5 Å². The van der Waals surface area contributed by atoms with Crippen molar-refractivity contribution in [1.29, 1.82) is 0 Å². The lowest BCUT2D eigenvalue weighted by molar-refractivity contribution is -0.146. The number of nitrogens with one attached hydrogen (secondary N) is 1. The van der Waals surface area contributed by atoms with Crippen molar-refractivity contribution in [3.8, 4) is 5.75 Å². The molecule has 0 aromatic heterocycles. The second kappa shape index (κ2) is 13.3. The number of ether oxygens (including phenoxy) is 1. The third-order valence-corrected chi connectivity index (χ3v) is 9.96. The summed E-state index contributed by atoms with van der Waals surface area (Å²) in [5.41, 5.74) is 6.47. The van der Waals surface area contributed by atoms with E-state index >= 15 is 0 Å². The Bertz CT molecular complexity index is 1510. The van der Waals surface area contributed by atoms with Crippen LogP contribution in [0.1, 0.15) is 18.9 Å². The Morgan fingerprint density at radius 2 is 1.88 bits per heavy atom. The van der Waals surface area contributed by atoms with Crippen molar-refractivity contribution in [1.82, 2.24) is 9.99 Å². The highest BCUT2D eigenvalue weighted by Crippen LogP contribution is 2.47. The predicted molar refractivity (Wildman–Crippen MR) is 161 cm³/mol. The summed E-state index contributed by atoms with van der Waals surface area (Å²) in [4.78, 5) is 18.3. The van der Waals surface area contributed by atoms with Crippen molar-refractivity contribution in [2.75, 3.05) is 6.61 Å². The second-order valence-corrected chi connectivity index (χ2v) is 13.0. The summed E-state index contributed by atoms with van der Waals surface area (Å²) < 4.78 is 31.2. The summed E-state index contributed by atoms with van der Waals surface area (Å²) in [7, 11) is -4.17. The van der Waals surface area contributed by atoms with Crippen LogP contribution in [0.3, 0.4) is 0 Å². The van der Waals surface area contributed by atoms with E-state index in [4.69, 9.17) is 19.5 Å². The molecule has 0 aliphatic carbocycles. The number of nitrogens with zero attached hydrogens (tertiary/aromatic N) is 2. The number of aliphatic hydroxyl groups excluding tert-OH is 2. The van der Waals surface area contributed by atoms with Crippen LogP contribution in [-0.4, -0.2) is 62.6 Å². The van der Waals surface area contributed by atoms with Crippen LogP contribution in [0.5, 0.6) is 5.75 Å². The van der Waals surface area contributed by atoms with Crippen molar-refractivity contribution < 1.29 is 33.4 Å². The van der Waals surface area contributed by atoms with Gasteiger partial charge in [-0.1, -0.05) is 60.7 Å². The van der Waals surface area contributed by atoms with Crippen molar-refractivity contribution in [3.63, 3.8) is 0 Å². The van der Waals surface area contributed by atoms with Crippen molar-refractivity contribution in [2.45, 2.75) is 49.1 Å². The van der Waals surface area contributed by atoms with E-state index in [1.54, 1.807) is 29.3 Å². The van der Waals surface area contributed by atoms with Gasteiger partial charge in [-0.25, -0.2) is 9.56 Å². The Morgan fingerprint density at radius 1 is 1.14 bits per heavy atom. The lowest BCUT2D eigenvalue weighted by Crippen LogP contribution is -2.39. The van der Waals surface area contributed by atoms with Gasteiger partial charge in [-0.3, -0.25) is 9.32 Å². The van der Waals surface area contributed by atoms with Crippen LogP contribution < -0.4 is 15.3 Å². The largest absolute Gasteiger partial charge is 0.460 e. The first-order valence-corrected chi connectivity index (χ1v) is 15.9. The maximum atomic E-state index is 14.1. The maximum Gasteiger partial charge on any atom is 0.459 e. The van der Waals surface area contributed by atoms with E-state index in [2.05, 4.69) is 10.1 Å². The van der Waals surface area contributed by atoms with Gasteiger partial charge in [0.05, 0.1) is 23.3 Å². The minimum Gasteiger partial charge on any atom is -0.460 e. The molecule has 2 unspecified atom stereocenters. The Hall–Kier alpha value is -3.38. The van der Waals surface area contributed by atoms with Gasteiger partial charge in [0.1, 0.15) is 24.2 Å². The summed E-state index contributed by atoms with van der Waals surface area (Å²) >= 11 is 1.34. The molecule has 5 N–H and O–H groups in total. The molecule has 222 valence electrons. The summed E-state index contributed by atoms with van der Waals surface area (Å²) in [5.74, 6) is -0.147. The molecule has 5 rings (SSSR count). The fraction of sp³-hybridized carbons (Fsp3) is 0.310. The van der Waals surface area contributed by atoms with Crippen molar-refractivity contribution >= 4 is 42.1 Å². The molecule has 6 atom stereocenters. The van der Waals surface area contributed by atoms with Crippen molar-refractivity contribution in [3.05, 3.63) is 90.6 Å². The summed E-state index contributed by atoms with van der Waals surface area (Å²) in [6.07, 6.45) is 1.49. The first-order valence-electron chi connectivity index (χ1n) is 13.4. The van der Waals surface area contributed by atoms with Gasteiger partial charge in [-0.2, -0.15) is 5.09 Å². The van der Waals surface area contributed by atoms with E-state index in [-0.39, 0.29) is 30.2 Å². The van der Waals surface area contributed by atoms with Crippen LogP contribution >= 0.6 is 19.5 Å². The number of esters is 1. The molecule has 0 spiro atoms. The van der Waals surface area contributed by atoms with E-state index in [1.807, 2.05) is 60.7 Å². The quantitative estimate of drug-likeness (QED) is 0.185. The normalized spacial score (nSPS) is 24.2. The SMILES string of the molecule is C[C@H](NP(=O)(OC[C@H]1S[C@@H](N2C=CC(N)=NC2O)C[C@H]1O)Oc1ccc2ccccc2c1)C(=O)OCc1ccccc1. The van der Waals surface area contributed by atoms with Crippen LogP contribution in [0.2, 0.25) is 0 Å². The molecule has 1 fully saturated rings. The standard InChI is InChI=1S/C29H33N4O7PS/c1-19(28(35)38-17-20-7-3-2-4-8-20)32-41(37,40-23-12-11-21-9-5-6-10-22(21)15-23)39-18-25-24(34)16-27(42-25)33-14-13-26(30)31-29(33)36/h2-15,19,24-25,27,29,34,36H,16-18H2,1H3,(H2,30,31)(H,32,37)/t19-,24+,25+,27+,29?,41?/m0/s1. The number of aliphatic hydroxyl groups is 2. The fourth-order valence-electron chi connectivity index (χ4n) is 4.54. The van der Waals surface area contributed by atoms with Crippen LogP contribution in [-0.2, 0) is 25.2 Å². The zero-order valence-electron chi connectivity index (χ0n) is 22.9. The molecule has 3 aromatic carbocycles. The van der Waals surface area contributed by atoms with E-state index in [0.717, 1.165) is 16.3 Å².